The van der Waals surface area contributed by atoms with Crippen molar-refractivity contribution in [2.24, 2.45) is 16.1 Å². The van der Waals surface area contributed by atoms with Gasteiger partial charge >= 0.3 is 0 Å². The number of anilines is 1. The summed E-state index contributed by atoms with van der Waals surface area (Å²) in [5, 5.41) is 13.1. The van der Waals surface area contributed by atoms with Crippen LogP contribution in [0.2, 0.25) is 10.0 Å². The molecule has 1 aliphatic rings. The Morgan fingerprint density at radius 3 is 2.56 bits per heavy atom. The fraction of sp³-hybridized carbons (Fsp3) is 0.167. The maximum Gasteiger partial charge on any atom is 0.281 e. The maximum atomic E-state index is 13.0. The second-order valence-corrected chi connectivity index (χ2v) is 9.72. The highest BCUT2D eigenvalue weighted by Crippen LogP contribution is 2.31. The third-order valence-corrected chi connectivity index (χ3v) is 7.08. The number of amides is 3. The Kier molecular flexibility index (Phi) is 7.78. The highest BCUT2D eigenvalue weighted by atomic mass is 35.5. The molecular weight excluding hydrogens is 523 g/mol. The highest BCUT2D eigenvalue weighted by molar-refractivity contribution is 7.15. The molecule has 184 valence electrons. The zero-order chi connectivity index (χ0) is 25.8. The predicted octanol–water partition coefficient (Wildman–Crippen LogP) is 4.52. The smallest absolute Gasteiger partial charge is 0.281 e. The molecule has 0 bridgehead atoms. The van der Waals surface area contributed by atoms with Gasteiger partial charge in [-0.05, 0) is 55.8 Å². The van der Waals surface area contributed by atoms with Gasteiger partial charge in [0.1, 0.15) is 5.92 Å². The molecule has 0 saturated carbocycles. The van der Waals surface area contributed by atoms with Crippen LogP contribution >= 0.6 is 34.5 Å². The van der Waals surface area contributed by atoms with Crippen molar-refractivity contribution in [2.45, 2.75) is 20.4 Å². The largest absolute Gasteiger partial charge is 0.347 e. The van der Waals surface area contributed by atoms with Crippen LogP contribution in [0.5, 0.6) is 0 Å². The molecule has 9 nitrogen and oxygen atoms in total. The van der Waals surface area contributed by atoms with E-state index < -0.39 is 11.8 Å². The third kappa shape index (κ3) is 5.62. The number of pyridine rings is 1. The van der Waals surface area contributed by atoms with Crippen molar-refractivity contribution >= 4 is 69.4 Å². The molecule has 1 aromatic carbocycles. The summed E-state index contributed by atoms with van der Waals surface area (Å²) in [7, 11) is 0. The van der Waals surface area contributed by atoms with Crippen molar-refractivity contribution < 1.29 is 14.4 Å². The minimum absolute atomic E-state index is 0.298. The average Bonchev–Trinajstić information content (AvgIpc) is 3.48. The van der Waals surface area contributed by atoms with Crippen LogP contribution < -0.4 is 15.8 Å². The molecule has 0 saturated heterocycles. The van der Waals surface area contributed by atoms with Gasteiger partial charge in [0.05, 0.1) is 36.9 Å². The van der Waals surface area contributed by atoms with E-state index in [0.717, 1.165) is 16.9 Å². The number of nitrogens with one attached hydrogen (secondary N) is 2. The molecule has 1 atom stereocenters. The van der Waals surface area contributed by atoms with Crippen molar-refractivity contribution in [1.29, 1.82) is 0 Å². The SMILES string of the molecule is CC1=NN(c2ccc(Cl)c(Cl)c2)C(=O)C1/C(C)=N/NC(=O)c1ccc(C(=O)NCc2cccnc2)s1. The van der Waals surface area contributed by atoms with Crippen molar-refractivity contribution in [1.82, 2.24) is 15.7 Å². The molecule has 3 aromatic rings. The van der Waals surface area contributed by atoms with Gasteiger partial charge in [0.25, 0.3) is 17.7 Å². The third-order valence-electron chi connectivity index (χ3n) is 5.26. The van der Waals surface area contributed by atoms with Gasteiger partial charge in [0.2, 0.25) is 0 Å². The molecule has 2 aromatic heterocycles. The Bertz CT molecular complexity index is 1390. The van der Waals surface area contributed by atoms with Crippen LogP contribution in [0.1, 0.15) is 38.8 Å². The van der Waals surface area contributed by atoms with Crippen molar-refractivity contribution in [2.75, 3.05) is 5.01 Å². The summed E-state index contributed by atoms with van der Waals surface area (Å²) < 4.78 is 0. The number of hydrogen-bond donors (Lipinski definition) is 2. The lowest BCUT2D eigenvalue weighted by molar-refractivity contribution is -0.118. The number of carbonyl (C=O) groups is 3. The highest BCUT2D eigenvalue weighted by Gasteiger charge is 2.36. The van der Waals surface area contributed by atoms with E-state index >= 15 is 0 Å². The Labute approximate surface area is 220 Å². The quantitative estimate of drug-likeness (QED) is 0.337. The minimum Gasteiger partial charge on any atom is -0.347 e. The monoisotopic (exact) mass is 542 g/mol. The molecule has 4 rings (SSSR count). The summed E-state index contributed by atoms with van der Waals surface area (Å²) in [6.45, 7) is 3.66. The summed E-state index contributed by atoms with van der Waals surface area (Å²) in [5.74, 6) is -1.86. The number of benzene rings is 1. The van der Waals surface area contributed by atoms with E-state index in [2.05, 4.69) is 25.9 Å². The van der Waals surface area contributed by atoms with Gasteiger partial charge < -0.3 is 5.32 Å². The molecule has 0 spiro atoms. The molecule has 3 amide bonds. The lowest BCUT2D eigenvalue weighted by Crippen LogP contribution is -2.33. The summed E-state index contributed by atoms with van der Waals surface area (Å²) >= 11 is 13.1. The number of hydrogen-bond acceptors (Lipinski definition) is 7. The fourth-order valence-electron chi connectivity index (χ4n) is 3.46. The number of carbonyl (C=O) groups excluding carboxylic acids is 3. The van der Waals surface area contributed by atoms with Gasteiger partial charge in [0.15, 0.2) is 0 Å². The molecule has 0 fully saturated rings. The Morgan fingerprint density at radius 1 is 1.11 bits per heavy atom. The summed E-state index contributed by atoms with van der Waals surface area (Å²) in [6, 6.07) is 11.5. The fourth-order valence-corrected chi connectivity index (χ4v) is 4.57. The summed E-state index contributed by atoms with van der Waals surface area (Å²) in [4.78, 5) is 42.7. The predicted molar refractivity (Wildman–Crippen MR) is 141 cm³/mol. The van der Waals surface area contributed by atoms with Gasteiger partial charge in [-0.15, -0.1) is 11.3 Å². The van der Waals surface area contributed by atoms with E-state index in [1.165, 1.54) is 5.01 Å². The van der Waals surface area contributed by atoms with Crippen molar-refractivity contribution in [3.05, 3.63) is 80.2 Å². The standard InChI is InChI=1S/C24H20Cl2N6O3S/c1-13(21-14(2)31-32(24(21)35)16-5-6-17(25)18(26)10-16)29-30-23(34)20-8-7-19(36-20)22(33)28-12-15-4-3-9-27-11-15/h3-11,21H,12H2,1-2H3,(H,28,33)(H,30,34)/b29-13+. The molecule has 2 N–H and O–H groups in total. The summed E-state index contributed by atoms with van der Waals surface area (Å²) in [6.07, 6.45) is 3.32. The first-order valence-corrected chi connectivity index (χ1v) is 12.3. The molecule has 0 radical (unpaired) electrons. The van der Waals surface area contributed by atoms with Crippen molar-refractivity contribution in [3.63, 3.8) is 0 Å². The number of nitrogens with zero attached hydrogens (tertiary/aromatic N) is 4. The van der Waals surface area contributed by atoms with E-state index in [9.17, 15) is 14.4 Å². The van der Waals surface area contributed by atoms with Crippen LogP contribution in [-0.4, -0.2) is 34.1 Å². The molecule has 0 aliphatic carbocycles. The minimum atomic E-state index is -0.739. The molecular formula is C24H20Cl2N6O3S. The first-order chi connectivity index (χ1) is 17.2. The molecule has 36 heavy (non-hydrogen) atoms. The molecule has 1 unspecified atom stereocenters. The lowest BCUT2D eigenvalue weighted by Gasteiger charge is -2.15. The topological polar surface area (TPSA) is 116 Å². The van der Waals surface area contributed by atoms with Crippen LogP contribution in [-0.2, 0) is 11.3 Å². The van der Waals surface area contributed by atoms with Crippen LogP contribution in [0.15, 0.2) is 65.1 Å². The average molecular weight is 543 g/mol. The first-order valence-electron chi connectivity index (χ1n) is 10.7. The van der Waals surface area contributed by atoms with Gasteiger partial charge in [-0.3, -0.25) is 19.4 Å². The van der Waals surface area contributed by atoms with Gasteiger partial charge in [-0.2, -0.15) is 15.2 Å². The van der Waals surface area contributed by atoms with Crippen LogP contribution in [0.3, 0.4) is 0 Å². The first kappa shape index (κ1) is 25.5. The summed E-state index contributed by atoms with van der Waals surface area (Å²) in [5.41, 5.74) is 4.67. The van der Waals surface area contributed by atoms with E-state index in [-0.39, 0.29) is 11.8 Å². The van der Waals surface area contributed by atoms with E-state index in [1.807, 2.05) is 6.07 Å². The molecule has 12 heteroatoms. The number of thiophene rings is 1. The Balaban J connectivity index is 1.38. The normalized spacial score (nSPS) is 15.6. The van der Waals surface area contributed by atoms with Crippen molar-refractivity contribution in [3.8, 4) is 0 Å². The Morgan fingerprint density at radius 2 is 1.86 bits per heavy atom. The van der Waals surface area contributed by atoms with Gasteiger partial charge in [0, 0.05) is 18.9 Å². The number of halogens is 2. The lowest BCUT2D eigenvalue weighted by atomic mass is 9.99. The van der Waals surface area contributed by atoms with E-state index in [4.69, 9.17) is 23.2 Å². The second-order valence-electron chi connectivity index (χ2n) is 7.82. The zero-order valence-electron chi connectivity index (χ0n) is 19.2. The van der Waals surface area contributed by atoms with Gasteiger partial charge in [-0.1, -0.05) is 29.3 Å². The van der Waals surface area contributed by atoms with Crippen LogP contribution in [0.25, 0.3) is 0 Å². The van der Waals surface area contributed by atoms with Gasteiger partial charge in [-0.25, -0.2) is 5.43 Å². The second kappa shape index (κ2) is 11.0. The van der Waals surface area contributed by atoms with Crippen LogP contribution in [0, 0.1) is 5.92 Å². The molecule has 3 heterocycles. The van der Waals surface area contributed by atoms with E-state index in [1.54, 1.807) is 62.6 Å². The van der Waals surface area contributed by atoms with E-state index in [0.29, 0.717) is 43.5 Å². The molecule has 1 aliphatic heterocycles. The number of hydrazone groups is 2. The number of aromatic nitrogens is 1. The zero-order valence-corrected chi connectivity index (χ0v) is 21.5. The maximum absolute atomic E-state index is 13.0. The van der Waals surface area contributed by atoms with Crippen LogP contribution in [0.4, 0.5) is 5.69 Å². The Hall–Kier alpha value is -3.60. The number of rotatable bonds is 7.